The number of nitrogens with two attached hydrogens (primary N) is 1. The van der Waals surface area contributed by atoms with Gasteiger partial charge in [-0.05, 0) is 13.8 Å². The summed E-state index contributed by atoms with van der Waals surface area (Å²) in [6.45, 7) is 4.29. The fourth-order valence-corrected chi connectivity index (χ4v) is 1.37. The summed E-state index contributed by atoms with van der Waals surface area (Å²) in [4.78, 5) is 15.6. The summed E-state index contributed by atoms with van der Waals surface area (Å²) in [6, 6.07) is 1.47. The van der Waals surface area contributed by atoms with Crippen LogP contribution < -0.4 is 10.5 Å². The fraction of sp³-hybridized carbons (Fsp3) is 0.500. The van der Waals surface area contributed by atoms with Crippen molar-refractivity contribution in [3.8, 4) is 5.88 Å². The average Bonchev–Trinajstić information content (AvgIpc) is 2.32. The van der Waals surface area contributed by atoms with Crippen LogP contribution in [0.4, 0.5) is 5.69 Å². The second-order valence-electron chi connectivity index (χ2n) is 3.71. The Morgan fingerprint density at radius 2 is 2.28 bits per heavy atom. The minimum absolute atomic E-state index is 0.166. The van der Waals surface area contributed by atoms with E-state index in [0.717, 1.165) is 0 Å². The Morgan fingerprint density at radius 3 is 2.89 bits per heavy atom. The maximum absolute atomic E-state index is 11.6. The van der Waals surface area contributed by atoms with Crippen molar-refractivity contribution < 1.29 is 19.0 Å². The van der Waals surface area contributed by atoms with E-state index < -0.39 is 5.97 Å². The second-order valence-corrected chi connectivity index (χ2v) is 3.71. The third-order valence-electron chi connectivity index (χ3n) is 2.13. The first-order valence-corrected chi connectivity index (χ1v) is 5.66. The molecule has 0 amide bonds. The molecule has 6 heteroatoms. The van der Waals surface area contributed by atoms with Gasteiger partial charge < -0.3 is 19.9 Å². The van der Waals surface area contributed by atoms with E-state index in [0.29, 0.717) is 12.5 Å². The Balaban J connectivity index is 2.83. The first kappa shape index (κ1) is 14.2. The summed E-state index contributed by atoms with van der Waals surface area (Å²) < 4.78 is 15.3. The van der Waals surface area contributed by atoms with Crippen LogP contribution in [-0.2, 0) is 9.47 Å². The highest BCUT2D eigenvalue weighted by Gasteiger charge is 2.14. The van der Waals surface area contributed by atoms with Crippen LogP contribution in [0.25, 0.3) is 0 Å². The number of carbonyl (C=O) groups is 1. The molecule has 100 valence electrons. The molecule has 6 nitrogen and oxygen atoms in total. The number of esters is 1. The molecule has 0 radical (unpaired) electrons. The zero-order chi connectivity index (χ0) is 13.5. The molecule has 0 aromatic carbocycles. The lowest BCUT2D eigenvalue weighted by molar-refractivity contribution is 0.0525. The third-order valence-corrected chi connectivity index (χ3v) is 2.13. The number of ether oxygens (including phenoxy) is 3. The van der Waals surface area contributed by atoms with Crippen molar-refractivity contribution in [1.29, 1.82) is 0 Å². The molecule has 1 atom stereocenters. The second kappa shape index (κ2) is 6.80. The molecule has 1 heterocycles. The van der Waals surface area contributed by atoms with Crippen LogP contribution in [0.5, 0.6) is 5.88 Å². The minimum Gasteiger partial charge on any atom is -0.472 e. The highest BCUT2D eigenvalue weighted by atomic mass is 16.5. The van der Waals surface area contributed by atoms with E-state index in [9.17, 15) is 4.79 Å². The van der Waals surface area contributed by atoms with Crippen LogP contribution >= 0.6 is 0 Å². The largest absolute Gasteiger partial charge is 0.472 e. The number of pyridine rings is 1. The van der Waals surface area contributed by atoms with E-state index in [1.54, 1.807) is 14.0 Å². The molecule has 0 saturated heterocycles. The molecule has 18 heavy (non-hydrogen) atoms. The van der Waals surface area contributed by atoms with Gasteiger partial charge in [-0.1, -0.05) is 0 Å². The quantitative estimate of drug-likeness (QED) is 0.769. The van der Waals surface area contributed by atoms with Crippen molar-refractivity contribution in [3.05, 3.63) is 17.8 Å². The van der Waals surface area contributed by atoms with E-state index in [1.807, 2.05) is 6.92 Å². The van der Waals surface area contributed by atoms with Crippen molar-refractivity contribution in [2.24, 2.45) is 0 Å². The van der Waals surface area contributed by atoms with Crippen LogP contribution in [0.1, 0.15) is 24.2 Å². The average molecular weight is 254 g/mol. The van der Waals surface area contributed by atoms with Gasteiger partial charge in [-0.3, -0.25) is 0 Å². The molecule has 1 aromatic heterocycles. The molecule has 0 bridgehead atoms. The Bertz CT molecular complexity index is 409. The predicted molar refractivity (Wildman–Crippen MR) is 66.6 cm³/mol. The standard InChI is InChI=1S/C12H18N2O4/c1-4-17-12(15)9-5-11(14-6-10(9)13)18-8(2)7-16-3/h5-6,8H,4,7,13H2,1-3H3. The van der Waals surface area contributed by atoms with Gasteiger partial charge in [-0.2, -0.15) is 0 Å². The maximum atomic E-state index is 11.6. The van der Waals surface area contributed by atoms with Gasteiger partial charge in [-0.25, -0.2) is 9.78 Å². The molecule has 1 rings (SSSR count). The van der Waals surface area contributed by atoms with Crippen molar-refractivity contribution in [2.45, 2.75) is 20.0 Å². The summed E-state index contributed by atoms with van der Waals surface area (Å²) in [5, 5.41) is 0. The predicted octanol–water partition coefficient (Wildman–Crippen LogP) is 1.25. The molecule has 2 N–H and O–H groups in total. The van der Waals surface area contributed by atoms with Gasteiger partial charge in [0.1, 0.15) is 6.10 Å². The molecule has 0 aliphatic carbocycles. The molecule has 0 aliphatic heterocycles. The lowest BCUT2D eigenvalue weighted by Crippen LogP contribution is -2.19. The molecule has 0 spiro atoms. The van der Waals surface area contributed by atoms with Gasteiger partial charge in [-0.15, -0.1) is 0 Å². The van der Waals surface area contributed by atoms with E-state index in [1.165, 1.54) is 12.3 Å². The van der Waals surface area contributed by atoms with E-state index >= 15 is 0 Å². The Morgan fingerprint density at radius 1 is 1.56 bits per heavy atom. The van der Waals surface area contributed by atoms with Gasteiger partial charge in [0.05, 0.1) is 30.7 Å². The van der Waals surface area contributed by atoms with Gasteiger partial charge in [0.15, 0.2) is 0 Å². The number of methoxy groups -OCH3 is 1. The highest BCUT2D eigenvalue weighted by Crippen LogP contribution is 2.18. The van der Waals surface area contributed by atoms with Crippen molar-refractivity contribution >= 4 is 11.7 Å². The number of nitrogen functional groups attached to an aromatic ring is 1. The lowest BCUT2D eigenvalue weighted by atomic mass is 10.2. The SMILES string of the molecule is CCOC(=O)c1cc(OC(C)COC)ncc1N. The number of anilines is 1. The van der Waals surface area contributed by atoms with Gasteiger partial charge >= 0.3 is 5.97 Å². The van der Waals surface area contributed by atoms with Crippen molar-refractivity contribution in [3.63, 3.8) is 0 Å². The summed E-state index contributed by atoms with van der Waals surface area (Å²) in [5.41, 5.74) is 6.19. The fourth-order valence-electron chi connectivity index (χ4n) is 1.37. The van der Waals surface area contributed by atoms with Crippen LogP contribution in [0, 0.1) is 0 Å². The van der Waals surface area contributed by atoms with Crippen LogP contribution in [0.15, 0.2) is 12.3 Å². The van der Waals surface area contributed by atoms with Crippen LogP contribution in [0.2, 0.25) is 0 Å². The van der Waals surface area contributed by atoms with Gasteiger partial charge in [0.25, 0.3) is 0 Å². The highest BCUT2D eigenvalue weighted by molar-refractivity contribution is 5.95. The normalized spacial score (nSPS) is 11.9. The molecule has 0 saturated carbocycles. The molecular formula is C12H18N2O4. The lowest BCUT2D eigenvalue weighted by Gasteiger charge is -2.13. The zero-order valence-electron chi connectivity index (χ0n) is 10.8. The smallest absolute Gasteiger partial charge is 0.340 e. The van der Waals surface area contributed by atoms with E-state index in [-0.39, 0.29) is 24.0 Å². The first-order chi connectivity index (χ1) is 8.58. The number of nitrogens with zero attached hydrogens (tertiary/aromatic N) is 1. The number of carbonyl (C=O) groups excluding carboxylic acids is 1. The van der Waals surface area contributed by atoms with Crippen molar-refractivity contribution in [1.82, 2.24) is 4.98 Å². The third kappa shape index (κ3) is 3.89. The first-order valence-electron chi connectivity index (χ1n) is 5.66. The minimum atomic E-state index is -0.485. The van der Waals surface area contributed by atoms with Crippen LogP contribution in [-0.4, -0.2) is 37.4 Å². The summed E-state index contributed by atoms with van der Waals surface area (Å²) in [6.07, 6.45) is 1.21. The Kier molecular flexibility index (Phi) is 5.38. The van der Waals surface area contributed by atoms with Crippen LogP contribution in [0.3, 0.4) is 0 Å². The monoisotopic (exact) mass is 254 g/mol. The summed E-state index contributed by atoms with van der Waals surface area (Å²) in [5.74, 6) is -0.168. The molecule has 0 aliphatic rings. The van der Waals surface area contributed by atoms with Crippen molar-refractivity contribution in [2.75, 3.05) is 26.1 Å². The summed E-state index contributed by atoms with van der Waals surface area (Å²) in [7, 11) is 1.58. The zero-order valence-corrected chi connectivity index (χ0v) is 10.8. The van der Waals surface area contributed by atoms with E-state index in [4.69, 9.17) is 19.9 Å². The Labute approximate surface area is 106 Å². The number of aromatic nitrogens is 1. The molecule has 1 aromatic rings. The summed E-state index contributed by atoms with van der Waals surface area (Å²) >= 11 is 0. The number of hydrogen-bond donors (Lipinski definition) is 1. The van der Waals surface area contributed by atoms with Gasteiger partial charge in [0, 0.05) is 13.2 Å². The van der Waals surface area contributed by atoms with E-state index in [2.05, 4.69) is 4.98 Å². The number of rotatable bonds is 6. The number of hydrogen-bond acceptors (Lipinski definition) is 6. The van der Waals surface area contributed by atoms with Gasteiger partial charge in [0.2, 0.25) is 5.88 Å². The molecular weight excluding hydrogens is 236 g/mol. The molecule has 0 fully saturated rings. The maximum Gasteiger partial charge on any atom is 0.340 e. The topological polar surface area (TPSA) is 83.7 Å². The Hall–Kier alpha value is -1.82. The molecule has 1 unspecified atom stereocenters.